The summed E-state index contributed by atoms with van der Waals surface area (Å²) in [5.41, 5.74) is -0.337. The normalized spacial score (nSPS) is 11.3. The van der Waals surface area contributed by atoms with E-state index in [2.05, 4.69) is 5.32 Å². The van der Waals surface area contributed by atoms with E-state index >= 15 is 0 Å². The van der Waals surface area contributed by atoms with E-state index in [1.54, 1.807) is 0 Å². The van der Waals surface area contributed by atoms with Gasteiger partial charge in [0.2, 0.25) is 0 Å². The molecule has 4 nitrogen and oxygen atoms in total. The summed E-state index contributed by atoms with van der Waals surface area (Å²) in [6.45, 7) is 6.65. The molecule has 0 aromatic heterocycles. The van der Waals surface area contributed by atoms with Crippen molar-refractivity contribution < 1.29 is 18.7 Å². The first-order chi connectivity index (χ1) is 9.74. The molecule has 6 heteroatoms. The molecule has 0 spiro atoms. The zero-order valence-corrected chi connectivity index (χ0v) is 12.6. The van der Waals surface area contributed by atoms with Crippen LogP contribution in [0.4, 0.5) is 19.3 Å². The molecule has 2 N–H and O–H groups in total. The number of nitrogens with one attached hydrogen (secondary N) is 1. The van der Waals surface area contributed by atoms with Crippen molar-refractivity contribution in [2.45, 2.75) is 27.2 Å². The standard InChI is InChI=1S/C15H22F2N2O2/c1-15(2,3)10-19(8-5-9-20)14(21)18-12-7-4-6-11(16)13(12)17/h4,6-7,20H,5,8-10H2,1-3H3,(H,18,21). The van der Waals surface area contributed by atoms with Gasteiger partial charge in [0.25, 0.3) is 0 Å². The van der Waals surface area contributed by atoms with E-state index in [1.807, 2.05) is 20.8 Å². The second kappa shape index (κ2) is 7.36. The Hall–Kier alpha value is -1.69. The van der Waals surface area contributed by atoms with Crippen LogP contribution in [0.3, 0.4) is 0 Å². The molecular formula is C15H22F2N2O2. The van der Waals surface area contributed by atoms with E-state index in [0.29, 0.717) is 19.5 Å². The fourth-order valence-corrected chi connectivity index (χ4v) is 1.88. The Morgan fingerprint density at radius 1 is 1.33 bits per heavy atom. The van der Waals surface area contributed by atoms with Gasteiger partial charge in [0.05, 0.1) is 5.69 Å². The molecule has 0 heterocycles. The van der Waals surface area contributed by atoms with Crippen LogP contribution in [0.2, 0.25) is 0 Å². The molecule has 0 unspecified atom stereocenters. The topological polar surface area (TPSA) is 52.6 Å². The molecule has 0 bridgehead atoms. The fourth-order valence-electron chi connectivity index (χ4n) is 1.88. The molecule has 0 aliphatic heterocycles. The summed E-state index contributed by atoms with van der Waals surface area (Å²) in [7, 11) is 0. The molecule has 1 aromatic carbocycles. The summed E-state index contributed by atoms with van der Waals surface area (Å²) in [6.07, 6.45) is 0.426. The largest absolute Gasteiger partial charge is 0.396 e. The van der Waals surface area contributed by atoms with Gasteiger partial charge in [-0.3, -0.25) is 0 Å². The molecule has 21 heavy (non-hydrogen) atoms. The van der Waals surface area contributed by atoms with Gasteiger partial charge in [0.1, 0.15) is 0 Å². The van der Waals surface area contributed by atoms with Gasteiger partial charge in [-0.05, 0) is 24.0 Å². The van der Waals surface area contributed by atoms with Gasteiger partial charge in [-0.25, -0.2) is 13.6 Å². The number of carbonyl (C=O) groups is 1. The molecule has 118 valence electrons. The van der Waals surface area contributed by atoms with Gasteiger partial charge in [0, 0.05) is 19.7 Å². The molecule has 0 fully saturated rings. The summed E-state index contributed by atoms with van der Waals surface area (Å²) < 4.78 is 26.7. The molecule has 0 aliphatic carbocycles. The third kappa shape index (κ3) is 5.67. The number of rotatable bonds is 5. The Bertz CT molecular complexity index is 487. The van der Waals surface area contributed by atoms with Crippen LogP contribution in [0.15, 0.2) is 18.2 Å². The quantitative estimate of drug-likeness (QED) is 0.877. The third-order valence-corrected chi connectivity index (χ3v) is 2.73. The van der Waals surface area contributed by atoms with Crippen LogP contribution in [0, 0.1) is 17.0 Å². The fraction of sp³-hybridized carbons (Fsp3) is 0.533. The number of amides is 2. The minimum absolute atomic E-state index is 0.0394. The Balaban J connectivity index is 2.82. The molecule has 0 aliphatic rings. The predicted molar refractivity (Wildman–Crippen MR) is 78.1 cm³/mol. The van der Waals surface area contributed by atoms with Gasteiger partial charge in [-0.1, -0.05) is 26.8 Å². The zero-order valence-electron chi connectivity index (χ0n) is 12.6. The summed E-state index contributed by atoms with van der Waals surface area (Å²) >= 11 is 0. The van der Waals surface area contributed by atoms with E-state index in [0.717, 1.165) is 6.07 Å². The summed E-state index contributed by atoms with van der Waals surface area (Å²) in [4.78, 5) is 13.7. The minimum atomic E-state index is -1.08. The Morgan fingerprint density at radius 3 is 2.57 bits per heavy atom. The van der Waals surface area contributed by atoms with Crippen molar-refractivity contribution in [1.82, 2.24) is 4.90 Å². The lowest BCUT2D eigenvalue weighted by Crippen LogP contribution is -2.41. The number of hydrogen-bond acceptors (Lipinski definition) is 2. The van der Waals surface area contributed by atoms with E-state index in [9.17, 15) is 13.6 Å². The lowest BCUT2D eigenvalue weighted by atomic mass is 9.96. The maximum Gasteiger partial charge on any atom is 0.321 e. The van der Waals surface area contributed by atoms with E-state index < -0.39 is 17.7 Å². The highest BCUT2D eigenvalue weighted by atomic mass is 19.2. The van der Waals surface area contributed by atoms with Gasteiger partial charge >= 0.3 is 6.03 Å². The lowest BCUT2D eigenvalue weighted by Gasteiger charge is -2.30. The molecular weight excluding hydrogens is 278 g/mol. The van der Waals surface area contributed by atoms with Crippen LogP contribution in [-0.4, -0.2) is 35.7 Å². The number of urea groups is 1. The second-order valence-electron chi connectivity index (χ2n) is 6.09. The van der Waals surface area contributed by atoms with Crippen LogP contribution in [0.25, 0.3) is 0 Å². The maximum absolute atomic E-state index is 13.6. The van der Waals surface area contributed by atoms with E-state index in [1.165, 1.54) is 17.0 Å². The molecule has 2 amide bonds. The van der Waals surface area contributed by atoms with Crippen molar-refractivity contribution in [2.75, 3.05) is 25.0 Å². The number of aliphatic hydroxyl groups excluding tert-OH is 1. The monoisotopic (exact) mass is 300 g/mol. The van der Waals surface area contributed by atoms with Crippen molar-refractivity contribution >= 4 is 11.7 Å². The van der Waals surface area contributed by atoms with Crippen molar-refractivity contribution in [3.05, 3.63) is 29.8 Å². The van der Waals surface area contributed by atoms with Crippen LogP contribution in [-0.2, 0) is 0 Å². The smallest absolute Gasteiger partial charge is 0.321 e. The SMILES string of the molecule is CC(C)(C)CN(CCCO)C(=O)Nc1cccc(F)c1F. The molecule has 1 rings (SSSR count). The second-order valence-corrected chi connectivity index (χ2v) is 6.09. The third-order valence-electron chi connectivity index (χ3n) is 2.73. The summed E-state index contributed by atoms with van der Waals surface area (Å²) in [5, 5.41) is 11.3. The van der Waals surface area contributed by atoms with E-state index in [-0.39, 0.29) is 17.7 Å². The van der Waals surface area contributed by atoms with E-state index in [4.69, 9.17) is 5.11 Å². The number of aliphatic hydroxyl groups is 1. The first-order valence-corrected chi connectivity index (χ1v) is 6.85. The van der Waals surface area contributed by atoms with Crippen LogP contribution in [0.1, 0.15) is 27.2 Å². The first-order valence-electron chi connectivity index (χ1n) is 6.85. The highest BCUT2D eigenvalue weighted by Crippen LogP contribution is 2.19. The average molecular weight is 300 g/mol. The van der Waals surface area contributed by atoms with Crippen molar-refractivity contribution in [3.63, 3.8) is 0 Å². The molecule has 0 saturated heterocycles. The van der Waals surface area contributed by atoms with Crippen molar-refractivity contribution in [2.24, 2.45) is 5.41 Å². The highest BCUT2D eigenvalue weighted by Gasteiger charge is 2.22. The Morgan fingerprint density at radius 2 is 2.00 bits per heavy atom. The molecule has 1 aromatic rings. The van der Waals surface area contributed by atoms with Crippen LogP contribution in [0.5, 0.6) is 0 Å². The van der Waals surface area contributed by atoms with Crippen molar-refractivity contribution in [1.29, 1.82) is 0 Å². The van der Waals surface area contributed by atoms with Crippen molar-refractivity contribution in [3.8, 4) is 0 Å². The van der Waals surface area contributed by atoms with Crippen LogP contribution >= 0.6 is 0 Å². The Labute approximate surface area is 123 Å². The number of halogens is 2. The predicted octanol–water partition coefficient (Wildman–Crippen LogP) is 3.23. The molecule has 0 radical (unpaired) electrons. The summed E-state index contributed by atoms with van der Waals surface area (Å²) in [5.74, 6) is -2.09. The number of hydrogen-bond donors (Lipinski definition) is 2. The maximum atomic E-state index is 13.6. The van der Waals surface area contributed by atoms with Gasteiger partial charge < -0.3 is 15.3 Å². The average Bonchev–Trinajstić information content (AvgIpc) is 2.38. The number of benzene rings is 1. The number of nitrogens with zero attached hydrogens (tertiary/aromatic N) is 1. The molecule has 0 saturated carbocycles. The van der Waals surface area contributed by atoms with Gasteiger partial charge in [-0.2, -0.15) is 0 Å². The molecule has 0 atom stereocenters. The minimum Gasteiger partial charge on any atom is -0.396 e. The van der Waals surface area contributed by atoms with Gasteiger partial charge in [-0.15, -0.1) is 0 Å². The summed E-state index contributed by atoms with van der Waals surface area (Å²) in [6, 6.07) is 3.11. The Kier molecular flexibility index (Phi) is 6.08. The first kappa shape index (κ1) is 17.4. The number of carbonyl (C=O) groups excluding carboxylic acids is 1. The number of anilines is 1. The zero-order chi connectivity index (χ0) is 16.0. The van der Waals surface area contributed by atoms with Crippen LogP contribution < -0.4 is 5.32 Å². The highest BCUT2D eigenvalue weighted by molar-refractivity contribution is 5.89. The van der Waals surface area contributed by atoms with Gasteiger partial charge in [0.15, 0.2) is 11.6 Å². The lowest BCUT2D eigenvalue weighted by molar-refractivity contribution is 0.176.